The molecule has 5 rings (SSSR count). The highest BCUT2D eigenvalue weighted by Gasteiger charge is 2.63. The van der Waals surface area contributed by atoms with E-state index in [2.05, 4.69) is 13.8 Å². The van der Waals surface area contributed by atoms with Gasteiger partial charge in [-0.15, -0.1) is 0 Å². The zero-order chi connectivity index (χ0) is 23.6. The van der Waals surface area contributed by atoms with Gasteiger partial charge in [0.25, 0.3) is 0 Å². The van der Waals surface area contributed by atoms with Crippen LogP contribution in [0.3, 0.4) is 0 Å². The fourth-order valence-corrected chi connectivity index (χ4v) is 6.57. The Kier molecular flexibility index (Phi) is 5.62. The van der Waals surface area contributed by atoms with Gasteiger partial charge in [0.1, 0.15) is 34.0 Å². The average molecular weight is 443 g/mol. The number of phenols is 2. The van der Waals surface area contributed by atoms with Crippen LogP contribution in [0.25, 0.3) is 0 Å². The van der Waals surface area contributed by atoms with Crippen LogP contribution in [0.5, 0.6) is 17.2 Å². The Morgan fingerprint density at radius 2 is 1.56 bits per heavy atom. The largest absolute Gasteiger partial charge is 0.507 e. The van der Waals surface area contributed by atoms with E-state index in [0.29, 0.717) is 29.6 Å². The molecule has 1 aliphatic heterocycles. The summed E-state index contributed by atoms with van der Waals surface area (Å²) in [7, 11) is 0. The molecule has 3 atom stereocenters. The van der Waals surface area contributed by atoms with Crippen LogP contribution in [0.1, 0.15) is 106 Å². The van der Waals surface area contributed by atoms with Crippen LogP contribution in [0.15, 0.2) is 0 Å². The van der Waals surface area contributed by atoms with E-state index in [4.69, 9.17) is 4.74 Å². The number of hydrogen-bond donors (Lipinski definition) is 2. The van der Waals surface area contributed by atoms with E-state index in [1.165, 1.54) is 0 Å². The van der Waals surface area contributed by atoms with Gasteiger partial charge in [0.2, 0.25) is 0 Å². The van der Waals surface area contributed by atoms with E-state index in [1.807, 2.05) is 27.7 Å². The Morgan fingerprint density at radius 3 is 2.09 bits per heavy atom. The monoisotopic (exact) mass is 442 g/mol. The molecule has 1 aromatic rings. The van der Waals surface area contributed by atoms with Crippen LogP contribution >= 0.6 is 0 Å². The molecule has 2 bridgehead atoms. The van der Waals surface area contributed by atoms with Crippen molar-refractivity contribution >= 4 is 11.6 Å². The smallest absolute Gasteiger partial charge is 0.170 e. The molecular weight excluding hydrogens is 404 g/mol. The Labute approximate surface area is 191 Å². The lowest BCUT2D eigenvalue weighted by atomic mass is 9.43. The summed E-state index contributed by atoms with van der Waals surface area (Å²) in [5, 5.41) is 22.3. The van der Waals surface area contributed by atoms with Crippen LogP contribution in [0, 0.1) is 29.1 Å². The van der Waals surface area contributed by atoms with Crippen molar-refractivity contribution in [2.24, 2.45) is 29.1 Å². The number of ketones is 2. The lowest BCUT2D eigenvalue weighted by molar-refractivity contribution is -0.195. The van der Waals surface area contributed by atoms with Gasteiger partial charge in [-0.05, 0) is 55.3 Å². The SMILES string of the molecule is CC(C)CC(=O)c1c(O)c2c(c(C(=O)CC(C)C)c1O)O[C@]1(CC2)CC[C@@H]2C[C@H]1C2(C)C. The van der Waals surface area contributed by atoms with Crippen molar-refractivity contribution in [3.05, 3.63) is 16.7 Å². The molecule has 5 nitrogen and oxygen atoms in total. The van der Waals surface area contributed by atoms with Gasteiger partial charge in [0, 0.05) is 24.3 Å². The highest BCUT2D eigenvalue weighted by atomic mass is 16.5. The molecule has 3 fully saturated rings. The second-order valence-corrected chi connectivity index (χ2v) is 11.8. The van der Waals surface area contributed by atoms with Crippen molar-refractivity contribution in [3.8, 4) is 17.2 Å². The van der Waals surface area contributed by atoms with Gasteiger partial charge >= 0.3 is 0 Å². The highest BCUT2D eigenvalue weighted by molar-refractivity contribution is 6.09. The molecule has 0 saturated heterocycles. The standard InChI is InChI=1S/C27H38O5/c1-14(2)11-18(28)21-23(30)17-8-10-27(9-7-16-13-20(27)26(16,5)6)32-25(17)22(24(21)31)19(29)12-15(3)4/h14-16,20,30-31H,7-13H2,1-6H3/t16-,20+,27+/m1/s1. The predicted molar refractivity (Wildman–Crippen MR) is 124 cm³/mol. The Bertz CT molecular complexity index is 956. The molecule has 2 N–H and O–H groups in total. The van der Waals surface area contributed by atoms with Crippen molar-refractivity contribution in [1.82, 2.24) is 0 Å². The van der Waals surface area contributed by atoms with E-state index in [1.54, 1.807) is 0 Å². The van der Waals surface area contributed by atoms with Gasteiger partial charge in [-0.3, -0.25) is 9.59 Å². The fourth-order valence-electron chi connectivity index (χ4n) is 6.57. The first-order valence-electron chi connectivity index (χ1n) is 12.2. The number of benzene rings is 1. The molecule has 0 amide bonds. The number of ether oxygens (including phenoxy) is 1. The van der Waals surface area contributed by atoms with E-state index >= 15 is 0 Å². The molecule has 0 radical (unpaired) electrons. The van der Waals surface area contributed by atoms with Crippen LogP contribution in [0.4, 0.5) is 0 Å². The van der Waals surface area contributed by atoms with Gasteiger partial charge in [-0.25, -0.2) is 0 Å². The first-order chi connectivity index (χ1) is 14.9. The lowest BCUT2D eigenvalue weighted by Gasteiger charge is -2.65. The van der Waals surface area contributed by atoms with E-state index < -0.39 is 5.75 Å². The summed E-state index contributed by atoms with van der Waals surface area (Å²) in [6.45, 7) is 12.3. The van der Waals surface area contributed by atoms with Gasteiger partial charge < -0.3 is 14.9 Å². The van der Waals surface area contributed by atoms with Crippen molar-refractivity contribution in [2.75, 3.05) is 0 Å². The number of hydrogen-bond acceptors (Lipinski definition) is 5. The Morgan fingerprint density at radius 1 is 0.969 bits per heavy atom. The number of rotatable bonds is 6. The number of carbonyl (C=O) groups is 2. The number of aromatic hydroxyl groups is 2. The number of fused-ring (bicyclic) bond motifs is 2. The Hall–Kier alpha value is -2.04. The molecule has 0 aromatic heterocycles. The maximum absolute atomic E-state index is 13.3. The van der Waals surface area contributed by atoms with Gasteiger partial charge in [-0.1, -0.05) is 41.5 Å². The third-order valence-electron chi connectivity index (χ3n) is 8.37. The van der Waals surface area contributed by atoms with Crippen molar-refractivity contribution < 1.29 is 24.5 Å². The van der Waals surface area contributed by atoms with Crippen LogP contribution in [-0.2, 0) is 6.42 Å². The minimum absolute atomic E-state index is 0.0719. The molecule has 32 heavy (non-hydrogen) atoms. The number of carbonyl (C=O) groups excluding carboxylic acids is 2. The quantitative estimate of drug-likeness (QED) is 0.522. The number of phenolic OH excluding ortho intramolecular Hbond substituents is 2. The lowest BCUT2D eigenvalue weighted by Crippen LogP contribution is -2.64. The fraction of sp³-hybridized carbons (Fsp3) is 0.704. The molecule has 5 heteroatoms. The first-order valence-corrected chi connectivity index (χ1v) is 12.2. The summed E-state index contributed by atoms with van der Waals surface area (Å²) in [6.07, 6.45) is 4.89. The first kappa shape index (κ1) is 23.1. The van der Waals surface area contributed by atoms with Crippen molar-refractivity contribution in [3.63, 3.8) is 0 Å². The molecule has 1 aromatic carbocycles. The second kappa shape index (κ2) is 7.78. The van der Waals surface area contributed by atoms with Crippen molar-refractivity contribution in [2.45, 2.75) is 92.1 Å². The summed E-state index contributed by atoms with van der Waals surface area (Å²) in [5.41, 5.74) is 0.302. The number of Topliss-reactive ketones (excluding diaryl/α,β-unsaturated/α-hetero) is 2. The Balaban J connectivity index is 1.85. The summed E-state index contributed by atoms with van der Waals surface area (Å²) in [4.78, 5) is 26.3. The molecule has 3 aliphatic carbocycles. The molecular formula is C27H38O5. The van der Waals surface area contributed by atoms with E-state index in [0.717, 1.165) is 25.7 Å². The van der Waals surface area contributed by atoms with Gasteiger partial charge in [0.15, 0.2) is 11.6 Å². The average Bonchev–Trinajstić information content (AvgIpc) is 2.66. The zero-order valence-electron chi connectivity index (χ0n) is 20.4. The third-order valence-corrected chi connectivity index (χ3v) is 8.37. The molecule has 176 valence electrons. The topological polar surface area (TPSA) is 83.8 Å². The zero-order valence-corrected chi connectivity index (χ0v) is 20.4. The highest BCUT2D eigenvalue weighted by Crippen LogP contribution is 2.66. The molecule has 1 heterocycles. The second-order valence-electron chi connectivity index (χ2n) is 11.8. The van der Waals surface area contributed by atoms with E-state index in [9.17, 15) is 19.8 Å². The maximum atomic E-state index is 13.3. The van der Waals surface area contributed by atoms with Gasteiger partial charge in [0.05, 0.1) is 0 Å². The minimum Gasteiger partial charge on any atom is -0.507 e. The van der Waals surface area contributed by atoms with Crippen LogP contribution in [0.2, 0.25) is 0 Å². The summed E-state index contributed by atoms with van der Waals surface area (Å²) in [6, 6.07) is 0. The molecule has 4 aliphatic rings. The van der Waals surface area contributed by atoms with E-state index in [-0.39, 0.29) is 64.1 Å². The minimum atomic E-state index is -0.406. The van der Waals surface area contributed by atoms with Crippen LogP contribution < -0.4 is 4.74 Å². The van der Waals surface area contributed by atoms with Gasteiger partial charge in [-0.2, -0.15) is 0 Å². The predicted octanol–water partition coefficient (Wildman–Crippen LogP) is 6.08. The van der Waals surface area contributed by atoms with Crippen molar-refractivity contribution in [1.29, 1.82) is 0 Å². The molecule has 0 unspecified atom stereocenters. The third kappa shape index (κ3) is 3.43. The molecule has 3 saturated carbocycles. The summed E-state index contributed by atoms with van der Waals surface area (Å²) >= 11 is 0. The maximum Gasteiger partial charge on any atom is 0.170 e. The summed E-state index contributed by atoms with van der Waals surface area (Å²) in [5.74, 6) is 0.408. The summed E-state index contributed by atoms with van der Waals surface area (Å²) < 4.78 is 6.71. The normalized spacial score (nSPS) is 27.8. The molecule has 1 spiro atoms. The van der Waals surface area contributed by atoms with Crippen LogP contribution in [-0.4, -0.2) is 27.4 Å².